The number of carbonyl (C=O) groups is 1. The molecule has 0 unspecified atom stereocenters. The summed E-state index contributed by atoms with van der Waals surface area (Å²) in [5, 5.41) is 0. The van der Waals surface area contributed by atoms with Crippen LogP contribution in [0.15, 0.2) is 0 Å². The molecule has 0 saturated carbocycles. The molecule has 0 aliphatic rings. The second-order valence-electron chi connectivity index (χ2n) is 5.39. The van der Waals surface area contributed by atoms with Gasteiger partial charge in [0.05, 0.1) is 27.7 Å². The topological polar surface area (TPSA) is 43.1 Å². The van der Waals surface area contributed by atoms with Crippen LogP contribution in [0.2, 0.25) is 0 Å². The Hall–Kier alpha value is -0.570. The largest absolute Gasteiger partial charge is 0.370 e. The van der Waals surface area contributed by atoms with Gasteiger partial charge in [0.2, 0.25) is 5.91 Å². The highest BCUT2D eigenvalue weighted by molar-refractivity contribution is 5.70. The average Bonchev–Trinajstić information content (AvgIpc) is 2.08. The molecule has 0 radical (unpaired) electrons. The molecular formula is C13H31N2O+. The fourth-order valence-corrected chi connectivity index (χ4v) is 1.37. The summed E-state index contributed by atoms with van der Waals surface area (Å²) in [6, 6.07) is 0. The van der Waals surface area contributed by atoms with Crippen molar-refractivity contribution >= 4 is 5.91 Å². The molecule has 0 bridgehead atoms. The van der Waals surface area contributed by atoms with Crippen LogP contribution in [0.5, 0.6) is 0 Å². The standard InChI is InChI=1S/C11H26N.C2H5NO/c1-5-6-7-8-9-10-11-12(2,3)4;1-2(3)4/h5-11H2,1-4H3;1H3,(H2,3,4)/q+1;. The first kappa shape index (κ1) is 17.8. The van der Waals surface area contributed by atoms with E-state index >= 15 is 0 Å². The monoisotopic (exact) mass is 231 g/mol. The van der Waals surface area contributed by atoms with E-state index in [1.807, 2.05) is 0 Å². The number of quaternary nitrogens is 1. The van der Waals surface area contributed by atoms with E-state index in [2.05, 4.69) is 33.8 Å². The lowest BCUT2D eigenvalue weighted by atomic mass is 10.1. The number of primary amides is 1. The Kier molecular flexibility index (Phi) is 12.2. The van der Waals surface area contributed by atoms with Gasteiger partial charge in [0.15, 0.2) is 0 Å². The normalized spacial score (nSPS) is 10.6. The highest BCUT2D eigenvalue weighted by Gasteiger charge is 2.04. The molecule has 2 N–H and O–H groups in total. The third kappa shape index (κ3) is 29.2. The predicted octanol–water partition coefficient (Wildman–Crippen LogP) is 2.54. The second-order valence-corrected chi connectivity index (χ2v) is 5.39. The van der Waals surface area contributed by atoms with Crippen LogP contribution in [0.3, 0.4) is 0 Å². The zero-order chi connectivity index (χ0) is 13.0. The summed E-state index contributed by atoms with van der Waals surface area (Å²) in [5.41, 5.74) is 4.47. The molecule has 0 saturated heterocycles. The average molecular weight is 231 g/mol. The van der Waals surface area contributed by atoms with Gasteiger partial charge in [-0.05, 0) is 12.8 Å². The van der Waals surface area contributed by atoms with E-state index in [1.165, 1.54) is 52.0 Å². The lowest BCUT2D eigenvalue weighted by Gasteiger charge is -2.23. The number of amides is 1. The molecule has 0 aromatic heterocycles. The van der Waals surface area contributed by atoms with Crippen molar-refractivity contribution in [1.82, 2.24) is 0 Å². The van der Waals surface area contributed by atoms with Gasteiger partial charge in [-0.3, -0.25) is 4.79 Å². The first-order chi connectivity index (χ1) is 7.29. The van der Waals surface area contributed by atoms with Crippen molar-refractivity contribution in [2.24, 2.45) is 5.73 Å². The SMILES string of the molecule is CC(N)=O.CCCCCCCC[N+](C)(C)C. The lowest BCUT2D eigenvalue weighted by molar-refractivity contribution is -0.870. The smallest absolute Gasteiger partial charge is 0.214 e. The molecule has 0 aliphatic carbocycles. The maximum atomic E-state index is 9.22. The van der Waals surface area contributed by atoms with E-state index in [9.17, 15) is 4.79 Å². The molecule has 16 heavy (non-hydrogen) atoms. The van der Waals surface area contributed by atoms with Crippen molar-refractivity contribution < 1.29 is 9.28 Å². The summed E-state index contributed by atoms with van der Waals surface area (Å²) in [6.45, 7) is 4.90. The summed E-state index contributed by atoms with van der Waals surface area (Å²) >= 11 is 0. The number of rotatable bonds is 7. The van der Waals surface area contributed by atoms with E-state index < -0.39 is 0 Å². The maximum Gasteiger partial charge on any atom is 0.214 e. The van der Waals surface area contributed by atoms with Crippen LogP contribution in [-0.4, -0.2) is 38.1 Å². The molecule has 0 aromatic rings. The zero-order valence-electron chi connectivity index (χ0n) is 11.9. The molecule has 98 valence electrons. The Balaban J connectivity index is 0. The highest BCUT2D eigenvalue weighted by atomic mass is 16.1. The summed E-state index contributed by atoms with van der Waals surface area (Å²) < 4.78 is 1.12. The van der Waals surface area contributed by atoms with Crippen molar-refractivity contribution in [2.75, 3.05) is 27.7 Å². The van der Waals surface area contributed by atoms with Crippen LogP contribution in [0, 0.1) is 0 Å². The lowest BCUT2D eigenvalue weighted by Crippen LogP contribution is -2.35. The van der Waals surface area contributed by atoms with E-state index in [-0.39, 0.29) is 5.91 Å². The third-order valence-corrected chi connectivity index (χ3v) is 2.18. The van der Waals surface area contributed by atoms with E-state index in [0.29, 0.717) is 0 Å². The van der Waals surface area contributed by atoms with Crippen LogP contribution in [0.4, 0.5) is 0 Å². The van der Waals surface area contributed by atoms with Gasteiger partial charge in [0.1, 0.15) is 0 Å². The quantitative estimate of drug-likeness (QED) is 0.531. The Morgan fingerprint density at radius 1 is 1.00 bits per heavy atom. The number of nitrogens with zero attached hydrogens (tertiary/aromatic N) is 1. The number of carbonyl (C=O) groups excluding carboxylic acids is 1. The Morgan fingerprint density at radius 3 is 1.75 bits per heavy atom. The Bertz CT molecular complexity index is 158. The number of nitrogens with two attached hydrogens (primary N) is 1. The minimum absolute atomic E-state index is 0.333. The zero-order valence-corrected chi connectivity index (χ0v) is 11.9. The van der Waals surface area contributed by atoms with Crippen LogP contribution in [0.25, 0.3) is 0 Å². The Morgan fingerprint density at radius 2 is 1.38 bits per heavy atom. The number of hydrogen-bond acceptors (Lipinski definition) is 1. The van der Waals surface area contributed by atoms with Crippen LogP contribution >= 0.6 is 0 Å². The van der Waals surface area contributed by atoms with E-state index in [4.69, 9.17) is 0 Å². The first-order valence-electron chi connectivity index (χ1n) is 6.36. The summed E-state index contributed by atoms with van der Waals surface area (Å²) in [4.78, 5) is 9.22. The summed E-state index contributed by atoms with van der Waals surface area (Å²) in [5.74, 6) is -0.333. The van der Waals surface area contributed by atoms with Crippen molar-refractivity contribution in [3.8, 4) is 0 Å². The van der Waals surface area contributed by atoms with Gasteiger partial charge in [0, 0.05) is 6.92 Å². The van der Waals surface area contributed by atoms with Crippen LogP contribution < -0.4 is 5.73 Å². The molecule has 0 atom stereocenters. The minimum atomic E-state index is -0.333. The predicted molar refractivity (Wildman–Crippen MR) is 71.1 cm³/mol. The van der Waals surface area contributed by atoms with Crippen molar-refractivity contribution in [2.45, 2.75) is 52.4 Å². The van der Waals surface area contributed by atoms with Gasteiger partial charge in [-0.1, -0.05) is 32.6 Å². The molecule has 0 spiro atoms. The summed E-state index contributed by atoms with van der Waals surface area (Å²) in [7, 11) is 6.81. The van der Waals surface area contributed by atoms with E-state index in [0.717, 1.165) is 4.48 Å². The molecule has 0 aromatic carbocycles. The molecule has 0 fully saturated rings. The molecule has 0 heterocycles. The second kappa shape index (κ2) is 10.9. The number of hydrogen-bond donors (Lipinski definition) is 1. The summed E-state index contributed by atoms with van der Waals surface area (Å²) in [6.07, 6.45) is 8.48. The van der Waals surface area contributed by atoms with Crippen molar-refractivity contribution in [3.63, 3.8) is 0 Å². The molecular weight excluding hydrogens is 200 g/mol. The van der Waals surface area contributed by atoms with Crippen LogP contribution in [0.1, 0.15) is 52.4 Å². The van der Waals surface area contributed by atoms with Crippen LogP contribution in [-0.2, 0) is 4.79 Å². The molecule has 1 amide bonds. The van der Waals surface area contributed by atoms with Gasteiger partial charge in [0.25, 0.3) is 0 Å². The van der Waals surface area contributed by atoms with E-state index in [1.54, 1.807) is 0 Å². The maximum absolute atomic E-state index is 9.22. The third-order valence-electron chi connectivity index (χ3n) is 2.18. The van der Waals surface area contributed by atoms with Crippen molar-refractivity contribution in [1.29, 1.82) is 0 Å². The van der Waals surface area contributed by atoms with Crippen molar-refractivity contribution in [3.05, 3.63) is 0 Å². The molecule has 0 aliphatic heterocycles. The first-order valence-corrected chi connectivity index (χ1v) is 6.36. The molecule has 0 rings (SSSR count). The van der Waals surface area contributed by atoms with Gasteiger partial charge in [-0.2, -0.15) is 0 Å². The fourth-order valence-electron chi connectivity index (χ4n) is 1.37. The number of unbranched alkanes of at least 4 members (excludes halogenated alkanes) is 5. The fraction of sp³-hybridized carbons (Fsp3) is 0.923. The van der Waals surface area contributed by atoms with Gasteiger partial charge < -0.3 is 10.2 Å². The Labute approximate surface area is 102 Å². The van der Waals surface area contributed by atoms with Gasteiger partial charge in [-0.15, -0.1) is 0 Å². The molecule has 3 nitrogen and oxygen atoms in total. The highest BCUT2D eigenvalue weighted by Crippen LogP contribution is 2.06. The van der Waals surface area contributed by atoms with Gasteiger partial charge >= 0.3 is 0 Å². The molecule has 3 heteroatoms. The van der Waals surface area contributed by atoms with Gasteiger partial charge in [-0.25, -0.2) is 0 Å². The minimum Gasteiger partial charge on any atom is -0.370 e.